The number of aromatic amines is 1. The predicted molar refractivity (Wildman–Crippen MR) is 125 cm³/mol. The van der Waals surface area contributed by atoms with Crippen LogP contribution in [0.3, 0.4) is 0 Å². The van der Waals surface area contributed by atoms with E-state index in [1.807, 2.05) is 24.4 Å². The van der Waals surface area contributed by atoms with Gasteiger partial charge in [0.05, 0.1) is 22.6 Å². The van der Waals surface area contributed by atoms with E-state index in [1.54, 1.807) is 7.11 Å². The minimum absolute atomic E-state index is 0.0951. The molecule has 0 bridgehead atoms. The number of nitrogens with zero attached hydrogens (tertiary/aromatic N) is 1. The zero-order valence-corrected chi connectivity index (χ0v) is 19.4. The quantitative estimate of drug-likeness (QED) is 0.540. The summed E-state index contributed by atoms with van der Waals surface area (Å²) in [6.07, 6.45) is 5.24. The summed E-state index contributed by atoms with van der Waals surface area (Å²) in [5.41, 5.74) is 2.20. The van der Waals surface area contributed by atoms with Crippen molar-refractivity contribution in [1.29, 1.82) is 0 Å². The summed E-state index contributed by atoms with van der Waals surface area (Å²) in [5, 5.41) is 4.11. The number of rotatable bonds is 7. The molecular weight excluding hydrogens is 450 g/mol. The summed E-state index contributed by atoms with van der Waals surface area (Å²) in [5.74, 6) is 0.365. The lowest BCUT2D eigenvalue weighted by molar-refractivity contribution is 0.0954. The average Bonchev–Trinajstić information content (AvgIpc) is 3.21. The minimum atomic E-state index is -3.64. The molecule has 3 aromatic rings. The van der Waals surface area contributed by atoms with Gasteiger partial charge in [-0.1, -0.05) is 18.0 Å². The molecule has 0 saturated carbocycles. The molecule has 170 valence electrons. The van der Waals surface area contributed by atoms with Gasteiger partial charge in [-0.25, -0.2) is 8.42 Å². The zero-order chi connectivity index (χ0) is 22.7. The van der Waals surface area contributed by atoms with Crippen LogP contribution in [-0.2, 0) is 16.4 Å². The van der Waals surface area contributed by atoms with Gasteiger partial charge in [-0.3, -0.25) is 4.79 Å². The SMILES string of the molecule is COc1ccc2[nH]cc(CCNC(=O)c3cc(S(=O)(=O)N4CCCCC4)ccc3Cl)c2c1. The molecule has 2 heterocycles. The summed E-state index contributed by atoms with van der Waals surface area (Å²) in [6, 6.07) is 10.1. The number of sulfonamides is 1. The van der Waals surface area contributed by atoms with E-state index in [0.29, 0.717) is 26.1 Å². The number of piperidine rings is 1. The van der Waals surface area contributed by atoms with E-state index in [-0.39, 0.29) is 15.5 Å². The molecule has 1 saturated heterocycles. The molecule has 1 aliphatic rings. The Bertz CT molecular complexity index is 1230. The number of H-pyrrole nitrogens is 1. The number of ether oxygens (including phenoxy) is 1. The highest BCUT2D eigenvalue weighted by molar-refractivity contribution is 7.89. The minimum Gasteiger partial charge on any atom is -0.497 e. The molecule has 1 aromatic heterocycles. The van der Waals surface area contributed by atoms with Crippen molar-refractivity contribution < 1.29 is 17.9 Å². The smallest absolute Gasteiger partial charge is 0.252 e. The predicted octanol–water partition coefficient (Wildman–Crippen LogP) is 3.98. The molecule has 1 fully saturated rings. The average molecular weight is 476 g/mol. The molecule has 2 N–H and O–H groups in total. The summed E-state index contributed by atoms with van der Waals surface area (Å²) in [7, 11) is -2.02. The maximum Gasteiger partial charge on any atom is 0.252 e. The highest BCUT2D eigenvalue weighted by Crippen LogP contribution is 2.26. The second-order valence-corrected chi connectivity index (χ2v) is 10.2. The molecule has 32 heavy (non-hydrogen) atoms. The second-order valence-electron chi connectivity index (χ2n) is 7.84. The monoisotopic (exact) mass is 475 g/mol. The highest BCUT2D eigenvalue weighted by atomic mass is 35.5. The fourth-order valence-corrected chi connectivity index (χ4v) is 5.74. The number of halogens is 1. The van der Waals surface area contributed by atoms with Crippen molar-refractivity contribution in [3.8, 4) is 5.75 Å². The van der Waals surface area contributed by atoms with Gasteiger partial charge in [-0.2, -0.15) is 4.31 Å². The van der Waals surface area contributed by atoms with Crippen molar-refractivity contribution in [1.82, 2.24) is 14.6 Å². The summed E-state index contributed by atoms with van der Waals surface area (Å²) >= 11 is 6.23. The molecule has 1 amide bonds. The fraction of sp³-hybridized carbons (Fsp3) is 0.348. The van der Waals surface area contributed by atoms with Gasteiger partial charge in [0.2, 0.25) is 10.0 Å². The van der Waals surface area contributed by atoms with Crippen LogP contribution in [0.4, 0.5) is 0 Å². The van der Waals surface area contributed by atoms with Crippen LogP contribution in [-0.4, -0.2) is 50.4 Å². The highest BCUT2D eigenvalue weighted by Gasteiger charge is 2.27. The van der Waals surface area contributed by atoms with Gasteiger partial charge in [-0.15, -0.1) is 0 Å². The summed E-state index contributed by atoms with van der Waals surface area (Å²) in [4.78, 5) is 16.1. The number of amides is 1. The van der Waals surface area contributed by atoms with Crippen LogP contribution >= 0.6 is 11.6 Å². The van der Waals surface area contributed by atoms with Crippen molar-refractivity contribution in [2.24, 2.45) is 0 Å². The Morgan fingerprint density at radius 2 is 1.94 bits per heavy atom. The standard InChI is InChI=1S/C23H26ClN3O4S/c1-31-17-5-8-22-19(13-17)16(15-26-22)9-10-25-23(28)20-14-18(6-7-21(20)24)32(29,30)27-11-3-2-4-12-27/h5-8,13-15,26H,2-4,9-12H2,1H3,(H,25,28). The molecule has 2 aromatic carbocycles. The van der Waals surface area contributed by atoms with Crippen LogP contribution in [0.15, 0.2) is 47.5 Å². The van der Waals surface area contributed by atoms with Crippen LogP contribution in [0, 0.1) is 0 Å². The number of hydrogen-bond acceptors (Lipinski definition) is 4. The third-order valence-electron chi connectivity index (χ3n) is 5.79. The van der Waals surface area contributed by atoms with Crippen LogP contribution in [0.1, 0.15) is 35.2 Å². The van der Waals surface area contributed by atoms with E-state index in [9.17, 15) is 13.2 Å². The van der Waals surface area contributed by atoms with Gasteiger partial charge >= 0.3 is 0 Å². The van der Waals surface area contributed by atoms with Crippen molar-refractivity contribution in [2.45, 2.75) is 30.6 Å². The molecule has 0 spiro atoms. The Morgan fingerprint density at radius 1 is 1.16 bits per heavy atom. The number of fused-ring (bicyclic) bond motifs is 1. The maximum absolute atomic E-state index is 13.0. The van der Waals surface area contributed by atoms with Gasteiger partial charge in [-0.05, 0) is 61.2 Å². The first-order valence-electron chi connectivity index (χ1n) is 10.6. The summed E-state index contributed by atoms with van der Waals surface area (Å²) < 4.78 is 32.7. The van der Waals surface area contributed by atoms with Gasteiger partial charge < -0.3 is 15.0 Å². The van der Waals surface area contributed by atoms with E-state index in [0.717, 1.165) is 41.5 Å². The molecule has 0 atom stereocenters. The lowest BCUT2D eigenvalue weighted by Crippen LogP contribution is -2.35. The lowest BCUT2D eigenvalue weighted by atomic mass is 10.1. The first-order chi connectivity index (χ1) is 15.4. The van der Waals surface area contributed by atoms with Crippen molar-refractivity contribution in [2.75, 3.05) is 26.7 Å². The van der Waals surface area contributed by atoms with Crippen LogP contribution < -0.4 is 10.1 Å². The van der Waals surface area contributed by atoms with Crippen LogP contribution in [0.25, 0.3) is 10.9 Å². The number of carbonyl (C=O) groups is 1. The number of carbonyl (C=O) groups excluding carboxylic acids is 1. The molecule has 0 unspecified atom stereocenters. The van der Waals surface area contributed by atoms with Crippen LogP contribution in [0.5, 0.6) is 5.75 Å². The Labute approximate surface area is 192 Å². The Kier molecular flexibility index (Phi) is 6.74. The normalized spacial score (nSPS) is 15.1. The Balaban J connectivity index is 1.46. The van der Waals surface area contributed by atoms with Gasteiger partial charge in [0.15, 0.2) is 0 Å². The van der Waals surface area contributed by atoms with Crippen LogP contribution in [0.2, 0.25) is 5.02 Å². The van der Waals surface area contributed by atoms with Gasteiger partial charge in [0, 0.05) is 36.7 Å². The molecule has 0 radical (unpaired) electrons. The van der Waals surface area contributed by atoms with Crippen molar-refractivity contribution >= 4 is 38.4 Å². The van der Waals surface area contributed by atoms with Crippen molar-refractivity contribution in [3.63, 3.8) is 0 Å². The number of benzene rings is 2. The van der Waals surface area contributed by atoms with E-state index >= 15 is 0 Å². The zero-order valence-electron chi connectivity index (χ0n) is 17.9. The molecule has 4 rings (SSSR count). The topological polar surface area (TPSA) is 91.5 Å². The first kappa shape index (κ1) is 22.6. The third-order valence-corrected chi connectivity index (χ3v) is 8.01. The van der Waals surface area contributed by atoms with E-state index in [1.165, 1.54) is 22.5 Å². The number of aromatic nitrogens is 1. The molecule has 9 heteroatoms. The Hall–Kier alpha value is -2.55. The van der Waals surface area contributed by atoms with Gasteiger partial charge in [0.25, 0.3) is 5.91 Å². The molecule has 0 aliphatic carbocycles. The van der Waals surface area contributed by atoms with Crippen molar-refractivity contribution in [3.05, 3.63) is 58.7 Å². The third kappa shape index (κ3) is 4.62. The van der Waals surface area contributed by atoms with Gasteiger partial charge in [0.1, 0.15) is 5.75 Å². The lowest BCUT2D eigenvalue weighted by Gasteiger charge is -2.26. The number of hydrogen-bond donors (Lipinski definition) is 2. The Morgan fingerprint density at radius 3 is 2.69 bits per heavy atom. The number of methoxy groups -OCH3 is 1. The van der Waals surface area contributed by atoms with E-state index in [2.05, 4.69) is 10.3 Å². The fourth-order valence-electron chi connectivity index (χ4n) is 3.99. The van der Waals surface area contributed by atoms with E-state index in [4.69, 9.17) is 16.3 Å². The molecule has 7 nitrogen and oxygen atoms in total. The second kappa shape index (κ2) is 9.52. The summed E-state index contributed by atoms with van der Waals surface area (Å²) in [6.45, 7) is 1.38. The maximum atomic E-state index is 13.0. The molecule has 1 aliphatic heterocycles. The largest absolute Gasteiger partial charge is 0.497 e. The van der Waals surface area contributed by atoms with E-state index < -0.39 is 15.9 Å². The molecular formula is C23H26ClN3O4S. The number of nitrogens with one attached hydrogen (secondary N) is 2. The first-order valence-corrected chi connectivity index (χ1v) is 12.4.